The van der Waals surface area contributed by atoms with Gasteiger partial charge in [0.2, 0.25) is 0 Å². The average Bonchev–Trinajstić information content (AvgIpc) is 2.36. The number of aliphatic hydroxyl groups is 1. The van der Waals surface area contributed by atoms with E-state index in [2.05, 4.69) is 13.8 Å². The summed E-state index contributed by atoms with van der Waals surface area (Å²) in [6.07, 6.45) is 0.0626. The van der Waals surface area contributed by atoms with Gasteiger partial charge in [0.05, 0.1) is 26.4 Å². The third kappa shape index (κ3) is 4.90. The van der Waals surface area contributed by atoms with Crippen molar-refractivity contribution in [1.29, 1.82) is 0 Å². The molecule has 1 aromatic rings. The number of hydrogen-bond acceptors (Lipinski definition) is 4. The van der Waals surface area contributed by atoms with E-state index in [4.69, 9.17) is 15.2 Å². The Labute approximate surface area is 121 Å². The Hall–Kier alpha value is -0.970. The van der Waals surface area contributed by atoms with Crippen LogP contribution in [-0.4, -0.2) is 25.4 Å². The van der Waals surface area contributed by atoms with Gasteiger partial charge < -0.3 is 20.3 Å². The summed E-state index contributed by atoms with van der Waals surface area (Å²) in [5.74, 6) is 1.77. The van der Waals surface area contributed by atoms with Crippen molar-refractivity contribution in [2.45, 2.75) is 32.4 Å². The van der Waals surface area contributed by atoms with Gasteiger partial charge in [0, 0.05) is 5.56 Å². The fourth-order valence-corrected chi connectivity index (χ4v) is 1.94. The molecule has 0 aliphatic heterocycles. The monoisotopic (exact) mass is 289 g/mol. The van der Waals surface area contributed by atoms with E-state index in [-0.39, 0.29) is 12.4 Å². The molecular weight excluding hydrogens is 266 g/mol. The Morgan fingerprint density at radius 2 is 1.84 bits per heavy atom. The molecule has 0 saturated carbocycles. The summed E-state index contributed by atoms with van der Waals surface area (Å²) in [7, 11) is 3.19. The highest BCUT2D eigenvalue weighted by molar-refractivity contribution is 5.85. The van der Waals surface area contributed by atoms with Crippen LogP contribution in [0.3, 0.4) is 0 Å². The van der Waals surface area contributed by atoms with E-state index < -0.39 is 12.1 Å². The average molecular weight is 290 g/mol. The van der Waals surface area contributed by atoms with Crippen LogP contribution >= 0.6 is 12.4 Å². The van der Waals surface area contributed by atoms with Crippen molar-refractivity contribution in [2.75, 3.05) is 14.2 Å². The largest absolute Gasteiger partial charge is 0.497 e. The number of halogens is 1. The molecule has 0 unspecified atom stereocenters. The zero-order chi connectivity index (χ0) is 13.7. The van der Waals surface area contributed by atoms with Gasteiger partial charge in [-0.15, -0.1) is 12.4 Å². The molecule has 19 heavy (non-hydrogen) atoms. The van der Waals surface area contributed by atoms with Crippen LogP contribution in [0, 0.1) is 5.92 Å². The van der Waals surface area contributed by atoms with Crippen molar-refractivity contribution in [1.82, 2.24) is 0 Å². The maximum absolute atomic E-state index is 10.1. The summed E-state index contributed by atoms with van der Waals surface area (Å²) in [5, 5.41) is 10.1. The van der Waals surface area contributed by atoms with E-state index in [9.17, 15) is 5.11 Å². The first-order chi connectivity index (χ1) is 8.49. The first kappa shape index (κ1) is 18.0. The SMILES string of the molecule is COc1ccc(OC)c([C@H](N)[C@H](O)CC(C)C)c1.Cl. The predicted octanol–water partition coefficient (Wildman–Crippen LogP) is 2.53. The van der Waals surface area contributed by atoms with Crippen LogP contribution in [-0.2, 0) is 0 Å². The van der Waals surface area contributed by atoms with Crippen LogP contribution in [0.15, 0.2) is 18.2 Å². The quantitative estimate of drug-likeness (QED) is 0.845. The zero-order valence-electron chi connectivity index (χ0n) is 11.9. The molecule has 0 spiro atoms. The van der Waals surface area contributed by atoms with Crippen molar-refractivity contribution in [3.05, 3.63) is 23.8 Å². The number of nitrogens with two attached hydrogens (primary N) is 1. The van der Waals surface area contributed by atoms with Crippen molar-refractivity contribution in [3.8, 4) is 11.5 Å². The van der Waals surface area contributed by atoms with E-state index in [1.54, 1.807) is 20.3 Å². The van der Waals surface area contributed by atoms with Crippen LogP contribution in [0.1, 0.15) is 31.9 Å². The zero-order valence-corrected chi connectivity index (χ0v) is 12.7. The van der Waals surface area contributed by atoms with Crippen LogP contribution in [0.25, 0.3) is 0 Å². The summed E-state index contributed by atoms with van der Waals surface area (Å²) in [6, 6.07) is 4.95. The third-order valence-corrected chi connectivity index (χ3v) is 2.92. The molecule has 4 nitrogen and oxygen atoms in total. The first-order valence-corrected chi connectivity index (χ1v) is 6.15. The number of methoxy groups -OCH3 is 2. The fourth-order valence-electron chi connectivity index (χ4n) is 1.94. The van der Waals surface area contributed by atoms with Gasteiger partial charge in [-0.1, -0.05) is 13.8 Å². The van der Waals surface area contributed by atoms with Gasteiger partial charge in [0.25, 0.3) is 0 Å². The van der Waals surface area contributed by atoms with E-state index in [0.717, 1.165) is 5.56 Å². The van der Waals surface area contributed by atoms with Crippen molar-refractivity contribution < 1.29 is 14.6 Å². The lowest BCUT2D eigenvalue weighted by Crippen LogP contribution is -2.27. The van der Waals surface area contributed by atoms with E-state index in [1.807, 2.05) is 12.1 Å². The second kappa shape index (κ2) is 8.25. The highest BCUT2D eigenvalue weighted by Gasteiger charge is 2.21. The lowest BCUT2D eigenvalue weighted by atomic mass is 9.94. The second-order valence-corrected chi connectivity index (χ2v) is 4.83. The molecule has 0 aromatic heterocycles. The minimum atomic E-state index is -0.592. The van der Waals surface area contributed by atoms with Crippen LogP contribution in [0.2, 0.25) is 0 Å². The number of rotatable bonds is 6. The third-order valence-electron chi connectivity index (χ3n) is 2.92. The molecule has 5 heteroatoms. The highest BCUT2D eigenvalue weighted by Crippen LogP contribution is 2.31. The fraction of sp³-hybridized carbons (Fsp3) is 0.571. The molecule has 1 aromatic carbocycles. The number of aliphatic hydroxyl groups excluding tert-OH is 1. The van der Waals surface area contributed by atoms with Crippen LogP contribution in [0.4, 0.5) is 0 Å². The first-order valence-electron chi connectivity index (χ1n) is 6.15. The van der Waals surface area contributed by atoms with Gasteiger partial charge in [0.15, 0.2) is 0 Å². The van der Waals surface area contributed by atoms with Gasteiger partial charge in [-0.25, -0.2) is 0 Å². The molecule has 1 rings (SSSR count). The van der Waals surface area contributed by atoms with Gasteiger partial charge in [-0.3, -0.25) is 0 Å². The summed E-state index contributed by atoms with van der Waals surface area (Å²) in [5.41, 5.74) is 6.87. The summed E-state index contributed by atoms with van der Waals surface area (Å²) < 4.78 is 10.4. The molecular formula is C14H24ClNO3. The van der Waals surface area contributed by atoms with E-state index in [1.165, 1.54) is 0 Å². The van der Waals surface area contributed by atoms with E-state index in [0.29, 0.717) is 23.8 Å². The Kier molecular flexibility index (Phi) is 7.83. The maximum Gasteiger partial charge on any atom is 0.123 e. The molecule has 0 radical (unpaired) electrons. The van der Waals surface area contributed by atoms with Gasteiger partial charge >= 0.3 is 0 Å². The number of hydrogen-bond donors (Lipinski definition) is 2. The number of ether oxygens (including phenoxy) is 2. The van der Waals surface area contributed by atoms with Crippen molar-refractivity contribution >= 4 is 12.4 Å². The second-order valence-electron chi connectivity index (χ2n) is 4.83. The molecule has 3 N–H and O–H groups in total. The topological polar surface area (TPSA) is 64.7 Å². The molecule has 110 valence electrons. The van der Waals surface area contributed by atoms with E-state index >= 15 is 0 Å². The van der Waals surface area contributed by atoms with Gasteiger partial charge in [-0.05, 0) is 30.5 Å². The summed E-state index contributed by atoms with van der Waals surface area (Å²) >= 11 is 0. The molecule has 0 bridgehead atoms. The Morgan fingerprint density at radius 3 is 2.32 bits per heavy atom. The van der Waals surface area contributed by atoms with Crippen LogP contribution in [0.5, 0.6) is 11.5 Å². The standard InChI is InChI=1S/C14H23NO3.ClH/c1-9(2)7-12(16)14(15)11-8-10(17-3)5-6-13(11)18-4;/h5-6,8-9,12,14,16H,7,15H2,1-4H3;1H/t12-,14+;/m1./s1. The van der Waals surface area contributed by atoms with Crippen molar-refractivity contribution in [3.63, 3.8) is 0 Å². The maximum atomic E-state index is 10.1. The normalized spacial score (nSPS) is 13.6. The summed E-state index contributed by atoms with van der Waals surface area (Å²) in [6.45, 7) is 4.11. The van der Waals surface area contributed by atoms with Crippen molar-refractivity contribution in [2.24, 2.45) is 11.7 Å². The molecule has 2 atom stereocenters. The lowest BCUT2D eigenvalue weighted by Gasteiger charge is -2.23. The molecule has 0 amide bonds. The molecule has 0 aliphatic rings. The minimum absolute atomic E-state index is 0. The smallest absolute Gasteiger partial charge is 0.123 e. The van der Waals surface area contributed by atoms with Gasteiger partial charge in [0.1, 0.15) is 11.5 Å². The Morgan fingerprint density at radius 1 is 1.21 bits per heavy atom. The number of benzene rings is 1. The van der Waals surface area contributed by atoms with Crippen LogP contribution < -0.4 is 15.2 Å². The molecule has 0 saturated heterocycles. The molecule has 0 aliphatic carbocycles. The Balaban J connectivity index is 0.00000324. The molecule has 0 fully saturated rings. The van der Waals surface area contributed by atoms with Gasteiger partial charge in [-0.2, -0.15) is 0 Å². The Bertz CT molecular complexity index is 385. The summed E-state index contributed by atoms with van der Waals surface area (Å²) in [4.78, 5) is 0. The minimum Gasteiger partial charge on any atom is -0.497 e. The highest BCUT2D eigenvalue weighted by atomic mass is 35.5. The lowest BCUT2D eigenvalue weighted by molar-refractivity contribution is 0.120. The predicted molar refractivity (Wildman–Crippen MR) is 79.2 cm³/mol. The molecule has 0 heterocycles.